The highest BCUT2D eigenvalue weighted by Crippen LogP contribution is 2.30. The van der Waals surface area contributed by atoms with Gasteiger partial charge in [-0.05, 0) is 31.1 Å². The second-order valence-corrected chi connectivity index (χ2v) is 5.70. The fraction of sp³-hybridized carbons (Fsp3) is 1.00. The Morgan fingerprint density at radius 2 is 2.12 bits per heavy atom. The minimum atomic E-state index is 0.200. The van der Waals surface area contributed by atoms with E-state index in [0.717, 1.165) is 24.9 Å². The second-order valence-electron chi connectivity index (χ2n) is 5.70. The van der Waals surface area contributed by atoms with Crippen LogP contribution in [-0.2, 0) is 4.74 Å². The van der Waals surface area contributed by atoms with Crippen LogP contribution in [0.5, 0.6) is 0 Å². The van der Waals surface area contributed by atoms with Crippen LogP contribution >= 0.6 is 0 Å². The molecule has 3 atom stereocenters. The molecule has 1 aliphatic rings. The summed E-state index contributed by atoms with van der Waals surface area (Å²) >= 11 is 0. The fourth-order valence-corrected chi connectivity index (χ4v) is 2.81. The summed E-state index contributed by atoms with van der Waals surface area (Å²) in [6.07, 6.45) is 6.12. The quantitative estimate of drug-likeness (QED) is 0.720. The first-order valence-electron chi connectivity index (χ1n) is 7.03. The zero-order valence-corrected chi connectivity index (χ0v) is 11.6. The van der Waals surface area contributed by atoms with E-state index in [9.17, 15) is 5.11 Å². The van der Waals surface area contributed by atoms with Gasteiger partial charge in [0, 0.05) is 25.8 Å². The van der Waals surface area contributed by atoms with Crippen LogP contribution in [0.4, 0.5) is 0 Å². The van der Waals surface area contributed by atoms with Gasteiger partial charge in [0.15, 0.2) is 0 Å². The summed E-state index contributed by atoms with van der Waals surface area (Å²) in [6.45, 7) is 5.58. The number of hydrogen-bond donors (Lipinski definition) is 2. The van der Waals surface area contributed by atoms with Gasteiger partial charge < -0.3 is 15.2 Å². The van der Waals surface area contributed by atoms with Crippen molar-refractivity contribution in [3.63, 3.8) is 0 Å². The van der Waals surface area contributed by atoms with Gasteiger partial charge in [0.1, 0.15) is 0 Å². The Balaban J connectivity index is 2.33. The SMILES string of the molecule is COCCC(CO)NC1CCCC(C(C)C)C1. The number of methoxy groups -OCH3 is 1. The van der Waals surface area contributed by atoms with Gasteiger partial charge >= 0.3 is 0 Å². The van der Waals surface area contributed by atoms with Gasteiger partial charge in [-0.3, -0.25) is 0 Å². The van der Waals surface area contributed by atoms with Crippen molar-refractivity contribution in [2.45, 2.75) is 58.0 Å². The third-order valence-corrected chi connectivity index (χ3v) is 4.02. The Morgan fingerprint density at radius 1 is 1.35 bits per heavy atom. The summed E-state index contributed by atoms with van der Waals surface area (Å²) in [5.74, 6) is 1.63. The summed E-state index contributed by atoms with van der Waals surface area (Å²) in [6, 6.07) is 0.788. The van der Waals surface area contributed by atoms with Crippen LogP contribution in [0.1, 0.15) is 46.0 Å². The molecule has 0 saturated heterocycles. The van der Waals surface area contributed by atoms with Crippen molar-refractivity contribution in [1.29, 1.82) is 0 Å². The maximum atomic E-state index is 9.34. The second kappa shape index (κ2) is 8.06. The molecular weight excluding hydrogens is 214 g/mol. The maximum absolute atomic E-state index is 9.34. The van der Waals surface area contributed by atoms with Crippen LogP contribution in [0.2, 0.25) is 0 Å². The zero-order valence-electron chi connectivity index (χ0n) is 11.6. The van der Waals surface area contributed by atoms with Crippen LogP contribution in [0.15, 0.2) is 0 Å². The van der Waals surface area contributed by atoms with Gasteiger partial charge in [-0.1, -0.05) is 26.7 Å². The minimum absolute atomic E-state index is 0.200. The molecule has 1 rings (SSSR count). The van der Waals surface area contributed by atoms with Gasteiger partial charge in [-0.2, -0.15) is 0 Å². The molecule has 0 heterocycles. The van der Waals surface area contributed by atoms with E-state index in [0.29, 0.717) is 6.04 Å². The number of ether oxygens (including phenoxy) is 1. The van der Waals surface area contributed by atoms with Gasteiger partial charge in [0.25, 0.3) is 0 Å². The van der Waals surface area contributed by atoms with Crippen LogP contribution in [-0.4, -0.2) is 37.5 Å². The van der Waals surface area contributed by atoms with Crippen LogP contribution in [0.3, 0.4) is 0 Å². The summed E-state index contributed by atoms with van der Waals surface area (Å²) in [7, 11) is 1.71. The molecule has 1 saturated carbocycles. The Hall–Kier alpha value is -0.120. The molecule has 1 fully saturated rings. The van der Waals surface area contributed by atoms with Gasteiger partial charge in [-0.25, -0.2) is 0 Å². The normalized spacial score (nSPS) is 27.4. The standard InChI is InChI=1S/C14H29NO2/c1-11(2)12-5-4-6-13(9-12)15-14(10-16)7-8-17-3/h11-16H,4-10H2,1-3H3. The molecular formula is C14H29NO2. The summed E-state index contributed by atoms with van der Waals surface area (Å²) in [4.78, 5) is 0. The highest BCUT2D eigenvalue weighted by atomic mass is 16.5. The number of nitrogens with one attached hydrogen (secondary N) is 1. The van der Waals surface area contributed by atoms with Crippen LogP contribution < -0.4 is 5.32 Å². The van der Waals surface area contributed by atoms with Crippen molar-refractivity contribution in [2.75, 3.05) is 20.3 Å². The van der Waals surface area contributed by atoms with Gasteiger partial charge in [0.2, 0.25) is 0 Å². The molecule has 0 spiro atoms. The number of aliphatic hydroxyl groups excluding tert-OH is 1. The lowest BCUT2D eigenvalue weighted by molar-refractivity contribution is 0.142. The number of hydrogen-bond acceptors (Lipinski definition) is 3. The van der Waals surface area contributed by atoms with Crippen molar-refractivity contribution in [3.8, 4) is 0 Å². The largest absolute Gasteiger partial charge is 0.395 e. The van der Waals surface area contributed by atoms with E-state index in [1.807, 2.05) is 0 Å². The lowest BCUT2D eigenvalue weighted by atomic mass is 9.79. The lowest BCUT2D eigenvalue weighted by Gasteiger charge is -2.34. The predicted molar refractivity (Wildman–Crippen MR) is 71.1 cm³/mol. The fourth-order valence-electron chi connectivity index (χ4n) is 2.81. The first-order valence-corrected chi connectivity index (χ1v) is 7.03. The van der Waals surface area contributed by atoms with Crippen molar-refractivity contribution >= 4 is 0 Å². The average molecular weight is 243 g/mol. The molecule has 0 amide bonds. The molecule has 0 aromatic carbocycles. The summed E-state index contributed by atoms with van der Waals surface area (Å²) < 4.78 is 5.07. The summed E-state index contributed by atoms with van der Waals surface area (Å²) in [5.41, 5.74) is 0. The van der Waals surface area contributed by atoms with Crippen molar-refractivity contribution < 1.29 is 9.84 Å². The average Bonchev–Trinajstić information content (AvgIpc) is 2.34. The van der Waals surface area contributed by atoms with E-state index in [4.69, 9.17) is 4.74 Å². The molecule has 1 aliphatic carbocycles. The topological polar surface area (TPSA) is 41.5 Å². The Bertz CT molecular complexity index is 197. The zero-order chi connectivity index (χ0) is 12.7. The Kier molecular flexibility index (Phi) is 7.09. The number of rotatable bonds is 7. The third kappa shape index (κ3) is 5.36. The molecule has 3 unspecified atom stereocenters. The molecule has 0 bridgehead atoms. The highest BCUT2D eigenvalue weighted by Gasteiger charge is 2.25. The van der Waals surface area contributed by atoms with E-state index >= 15 is 0 Å². The van der Waals surface area contributed by atoms with E-state index in [2.05, 4.69) is 19.2 Å². The molecule has 17 heavy (non-hydrogen) atoms. The highest BCUT2D eigenvalue weighted by molar-refractivity contribution is 4.82. The molecule has 3 heteroatoms. The molecule has 2 N–H and O–H groups in total. The van der Waals surface area contributed by atoms with Gasteiger partial charge in [0.05, 0.1) is 6.61 Å². The van der Waals surface area contributed by atoms with Gasteiger partial charge in [-0.15, -0.1) is 0 Å². The van der Waals surface area contributed by atoms with Crippen molar-refractivity contribution in [3.05, 3.63) is 0 Å². The molecule has 0 aliphatic heterocycles. The summed E-state index contributed by atoms with van der Waals surface area (Å²) in [5, 5.41) is 12.9. The molecule has 0 radical (unpaired) electrons. The minimum Gasteiger partial charge on any atom is -0.395 e. The molecule has 102 valence electrons. The van der Waals surface area contributed by atoms with E-state index < -0.39 is 0 Å². The first kappa shape index (κ1) is 14.9. The van der Waals surface area contributed by atoms with E-state index in [-0.39, 0.29) is 12.6 Å². The smallest absolute Gasteiger partial charge is 0.0585 e. The molecule has 0 aromatic rings. The first-order chi connectivity index (χ1) is 8.17. The van der Waals surface area contributed by atoms with Crippen LogP contribution in [0, 0.1) is 11.8 Å². The lowest BCUT2D eigenvalue weighted by Crippen LogP contribution is -2.44. The van der Waals surface area contributed by atoms with Crippen molar-refractivity contribution in [2.24, 2.45) is 11.8 Å². The monoisotopic (exact) mass is 243 g/mol. The third-order valence-electron chi connectivity index (χ3n) is 4.02. The van der Waals surface area contributed by atoms with E-state index in [1.165, 1.54) is 25.7 Å². The molecule has 0 aromatic heterocycles. The number of aliphatic hydroxyl groups is 1. The van der Waals surface area contributed by atoms with Crippen LogP contribution in [0.25, 0.3) is 0 Å². The Labute approximate surface area is 106 Å². The predicted octanol–water partition coefficient (Wildman–Crippen LogP) is 2.19. The van der Waals surface area contributed by atoms with E-state index in [1.54, 1.807) is 7.11 Å². The maximum Gasteiger partial charge on any atom is 0.0585 e. The Morgan fingerprint density at radius 3 is 2.71 bits per heavy atom. The molecule has 3 nitrogen and oxygen atoms in total. The van der Waals surface area contributed by atoms with Crippen molar-refractivity contribution in [1.82, 2.24) is 5.32 Å².